The van der Waals surface area contributed by atoms with Crippen molar-refractivity contribution in [3.8, 4) is 11.5 Å². The van der Waals surface area contributed by atoms with Crippen LogP contribution in [0.4, 0.5) is 10.1 Å². The molecule has 34 heavy (non-hydrogen) atoms. The molecule has 9 heteroatoms. The molecule has 0 saturated carbocycles. The fourth-order valence-corrected chi connectivity index (χ4v) is 4.89. The van der Waals surface area contributed by atoms with Gasteiger partial charge in [0.1, 0.15) is 23.9 Å². The van der Waals surface area contributed by atoms with Gasteiger partial charge in [0.25, 0.3) is 10.0 Å². The summed E-state index contributed by atoms with van der Waals surface area (Å²) in [5.41, 5.74) is 1.30. The van der Waals surface area contributed by atoms with E-state index in [1.807, 2.05) is 6.92 Å². The van der Waals surface area contributed by atoms with Crippen molar-refractivity contribution < 1.29 is 27.1 Å². The highest BCUT2D eigenvalue weighted by molar-refractivity contribution is 7.92. The molecule has 0 saturated heterocycles. The molecule has 0 aliphatic carbocycles. The minimum Gasteiger partial charge on any atom is -0.497 e. The van der Waals surface area contributed by atoms with Crippen LogP contribution in [0.5, 0.6) is 11.5 Å². The second-order valence-electron chi connectivity index (χ2n) is 7.67. The molecule has 3 rings (SSSR count). The number of hydrogen-bond donors (Lipinski definition) is 1. The fourth-order valence-electron chi connectivity index (χ4n) is 3.46. The van der Waals surface area contributed by atoms with Gasteiger partial charge in [-0.25, -0.2) is 12.8 Å². The summed E-state index contributed by atoms with van der Waals surface area (Å²) in [7, 11) is -1.19. The lowest BCUT2D eigenvalue weighted by atomic mass is 10.1. The Morgan fingerprint density at radius 1 is 1.03 bits per heavy atom. The Bertz CT molecular complexity index is 1260. The van der Waals surface area contributed by atoms with Crippen LogP contribution in [-0.2, 0) is 14.8 Å². The lowest BCUT2D eigenvalue weighted by Gasteiger charge is -2.26. The molecule has 7 nitrogen and oxygen atoms in total. The second kappa shape index (κ2) is 10.6. The number of rotatable bonds is 9. The number of benzene rings is 3. The maximum Gasteiger partial charge on any atom is 0.264 e. The third kappa shape index (κ3) is 5.48. The third-order valence-corrected chi connectivity index (χ3v) is 7.07. The predicted octanol–water partition coefficient (Wildman–Crippen LogP) is 4.22. The lowest BCUT2D eigenvalue weighted by molar-refractivity contribution is -0.120. The zero-order valence-electron chi connectivity index (χ0n) is 19.4. The molecular weight excluding hydrogens is 459 g/mol. The summed E-state index contributed by atoms with van der Waals surface area (Å²) in [5, 5.41) is 2.77. The first-order valence-corrected chi connectivity index (χ1v) is 12.0. The van der Waals surface area contributed by atoms with Crippen molar-refractivity contribution in [1.82, 2.24) is 5.32 Å². The Balaban J connectivity index is 1.92. The van der Waals surface area contributed by atoms with Crippen molar-refractivity contribution in [2.24, 2.45) is 0 Å². The Hall–Kier alpha value is -3.59. The summed E-state index contributed by atoms with van der Waals surface area (Å²) in [6.45, 7) is 2.94. The van der Waals surface area contributed by atoms with Crippen LogP contribution in [0.25, 0.3) is 0 Å². The Kier molecular flexibility index (Phi) is 7.78. The lowest BCUT2D eigenvalue weighted by Crippen LogP contribution is -2.42. The molecule has 0 spiro atoms. The maximum absolute atomic E-state index is 14.6. The summed E-state index contributed by atoms with van der Waals surface area (Å²) >= 11 is 0. The van der Waals surface area contributed by atoms with Crippen LogP contribution in [0.1, 0.15) is 24.1 Å². The number of aryl methyl sites for hydroxylation is 1. The van der Waals surface area contributed by atoms with Crippen molar-refractivity contribution in [2.75, 3.05) is 25.1 Å². The number of nitrogens with one attached hydrogen (secondary N) is 1. The molecule has 0 unspecified atom stereocenters. The molecule has 3 aromatic rings. The number of halogens is 1. The SMILES string of the molecule is COc1ccc(OC)c([C@@H](C)NC(=O)CN(c2ccccc2F)S(=O)(=O)c2ccc(C)cc2)c1. The molecule has 0 aliphatic heterocycles. The van der Waals surface area contributed by atoms with Gasteiger partial charge in [-0.1, -0.05) is 29.8 Å². The van der Waals surface area contributed by atoms with Gasteiger partial charge in [0, 0.05) is 5.56 Å². The smallest absolute Gasteiger partial charge is 0.264 e. The normalized spacial score (nSPS) is 12.0. The van der Waals surface area contributed by atoms with E-state index in [-0.39, 0.29) is 10.6 Å². The minimum absolute atomic E-state index is 0.0448. The van der Waals surface area contributed by atoms with E-state index in [2.05, 4.69) is 5.32 Å². The third-order valence-electron chi connectivity index (χ3n) is 5.30. The first kappa shape index (κ1) is 25.0. The van der Waals surface area contributed by atoms with Crippen LogP contribution < -0.4 is 19.1 Å². The van der Waals surface area contributed by atoms with Gasteiger partial charge >= 0.3 is 0 Å². The van der Waals surface area contributed by atoms with E-state index in [1.54, 1.807) is 37.3 Å². The highest BCUT2D eigenvalue weighted by atomic mass is 32.2. The number of para-hydroxylation sites is 1. The van der Waals surface area contributed by atoms with Gasteiger partial charge in [-0.15, -0.1) is 0 Å². The van der Waals surface area contributed by atoms with Crippen LogP contribution >= 0.6 is 0 Å². The largest absolute Gasteiger partial charge is 0.497 e. The van der Waals surface area contributed by atoms with Crippen LogP contribution in [0.3, 0.4) is 0 Å². The van der Waals surface area contributed by atoms with Crippen LogP contribution in [0.2, 0.25) is 0 Å². The average molecular weight is 487 g/mol. The molecule has 0 heterocycles. The number of nitrogens with zero attached hydrogens (tertiary/aromatic N) is 1. The van der Waals surface area contributed by atoms with Crippen molar-refractivity contribution in [1.29, 1.82) is 0 Å². The standard InChI is InChI=1S/C25H27FN2O5S/c1-17-9-12-20(13-10-17)34(30,31)28(23-8-6-5-7-22(23)26)16-25(29)27-18(2)21-15-19(32-3)11-14-24(21)33-4/h5-15,18H,16H2,1-4H3,(H,27,29)/t18-/m1/s1. The van der Waals surface area contributed by atoms with Crippen LogP contribution in [-0.4, -0.2) is 35.1 Å². The Morgan fingerprint density at radius 2 is 1.71 bits per heavy atom. The Morgan fingerprint density at radius 3 is 2.32 bits per heavy atom. The molecule has 0 fully saturated rings. The molecule has 1 N–H and O–H groups in total. The summed E-state index contributed by atoms with van der Waals surface area (Å²) < 4.78 is 52.9. The van der Waals surface area contributed by atoms with E-state index < -0.39 is 34.3 Å². The minimum atomic E-state index is -4.22. The van der Waals surface area contributed by atoms with Gasteiger partial charge in [0.05, 0.1) is 30.8 Å². The molecule has 0 aliphatic rings. The monoisotopic (exact) mass is 486 g/mol. The van der Waals surface area contributed by atoms with Crippen molar-refractivity contribution >= 4 is 21.6 Å². The second-order valence-corrected chi connectivity index (χ2v) is 9.54. The van der Waals surface area contributed by atoms with E-state index in [4.69, 9.17) is 9.47 Å². The average Bonchev–Trinajstić information content (AvgIpc) is 2.82. The Labute approximate surface area is 199 Å². The van der Waals surface area contributed by atoms with Gasteiger partial charge in [-0.2, -0.15) is 0 Å². The maximum atomic E-state index is 14.6. The summed E-state index contributed by atoms with van der Waals surface area (Å²) in [4.78, 5) is 13.0. The van der Waals surface area contributed by atoms with E-state index in [1.165, 1.54) is 44.6 Å². The predicted molar refractivity (Wildman–Crippen MR) is 128 cm³/mol. The molecule has 3 aromatic carbocycles. The molecule has 1 amide bonds. The summed E-state index contributed by atoms with van der Waals surface area (Å²) in [5.74, 6) is -0.261. The quantitative estimate of drug-likeness (QED) is 0.490. The number of anilines is 1. The van der Waals surface area contributed by atoms with Gasteiger partial charge in [-0.3, -0.25) is 9.10 Å². The van der Waals surface area contributed by atoms with Gasteiger partial charge in [-0.05, 0) is 56.3 Å². The van der Waals surface area contributed by atoms with Crippen LogP contribution in [0, 0.1) is 12.7 Å². The molecule has 0 aromatic heterocycles. The van der Waals surface area contributed by atoms with Crippen molar-refractivity contribution in [3.63, 3.8) is 0 Å². The summed E-state index contributed by atoms with van der Waals surface area (Å²) in [6.07, 6.45) is 0. The topological polar surface area (TPSA) is 84.9 Å². The number of amides is 1. The molecule has 0 radical (unpaired) electrons. The zero-order chi connectivity index (χ0) is 24.9. The number of carbonyl (C=O) groups is 1. The van der Waals surface area contributed by atoms with E-state index >= 15 is 0 Å². The van der Waals surface area contributed by atoms with Crippen molar-refractivity contribution in [3.05, 3.63) is 83.7 Å². The number of hydrogen-bond acceptors (Lipinski definition) is 5. The molecule has 180 valence electrons. The van der Waals surface area contributed by atoms with Gasteiger partial charge < -0.3 is 14.8 Å². The number of carbonyl (C=O) groups excluding carboxylic acids is 1. The van der Waals surface area contributed by atoms with Crippen LogP contribution in [0.15, 0.2) is 71.6 Å². The van der Waals surface area contributed by atoms with Gasteiger partial charge in [0.2, 0.25) is 5.91 Å². The fraction of sp³-hybridized carbons (Fsp3) is 0.240. The first-order chi connectivity index (χ1) is 16.2. The van der Waals surface area contributed by atoms with E-state index in [0.717, 1.165) is 15.9 Å². The van der Waals surface area contributed by atoms with Gasteiger partial charge in [0.15, 0.2) is 0 Å². The zero-order valence-corrected chi connectivity index (χ0v) is 20.2. The number of sulfonamides is 1. The molecule has 1 atom stereocenters. The van der Waals surface area contributed by atoms with Crippen molar-refractivity contribution in [2.45, 2.75) is 24.8 Å². The molecule has 0 bridgehead atoms. The summed E-state index contributed by atoms with van der Waals surface area (Å²) in [6, 6.07) is 16.2. The highest BCUT2D eigenvalue weighted by Gasteiger charge is 2.29. The van der Waals surface area contributed by atoms with E-state index in [0.29, 0.717) is 17.1 Å². The highest BCUT2D eigenvalue weighted by Crippen LogP contribution is 2.30. The number of ether oxygens (including phenoxy) is 2. The first-order valence-electron chi connectivity index (χ1n) is 10.5. The molecular formula is C25H27FN2O5S. The van der Waals surface area contributed by atoms with E-state index in [9.17, 15) is 17.6 Å². The number of methoxy groups -OCH3 is 2.